The molecule has 35 heavy (non-hydrogen) atoms. The minimum Gasteiger partial charge on any atom is -0.444 e. The number of ether oxygens (including phenoxy) is 1. The summed E-state index contributed by atoms with van der Waals surface area (Å²) in [6, 6.07) is 7.53. The van der Waals surface area contributed by atoms with Crippen LogP contribution >= 0.6 is 0 Å². The van der Waals surface area contributed by atoms with Crippen LogP contribution in [-0.4, -0.2) is 43.9 Å². The number of alkyl carbamates (subject to hydrolysis) is 1. The van der Waals surface area contributed by atoms with Gasteiger partial charge in [-0.1, -0.05) is 51.2 Å². The standard InChI is InChI=1S/C25H41N5O4S/c1-7-8-9-10-11-12-17-26-21-22(30-35(32,33)29-21)27-20-15-13-19(14-16-20)18-25(5,6)28-23(31)34-24(2,3)4/h13-16H,7-12,17-18H2,1-6H3,(H,26,29)(H,27,30)(H,28,31). The Kier molecular flexibility index (Phi) is 10.1. The van der Waals surface area contributed by atoms with E-state index in [4.69, 9.17) is 4.74 Å². The molecule has 9 nitrogen and oxygen atoms in total. The molecule has 0 atom stereocenters. The minimum atomic E-state index is -3.78. The summed E-state index contributed by atoms with van der Waals surface area (Å²) in [7, 11) is -3.78. The van der Waals surface area contributed by atoms with Crippen molar-refractivity contribution in [3.63, 3.8) is 0 Å². The number of nitrogens with zero attached hydrogens (tertiary/aromatic N) is 2. The van der Waals surface area contributed by atoms with Gasteiger partial charge >= 0.3 is 16.3 Å². The molecule has 196 valence electrons. The molecule has 1 aromatic rings. The number of unbranched alkanes of at least 4 members (excludes halogenated alkanes) is 5. The fourth-order valence-corrected chi connectivity index (χ4v) is 4.43. The molecule has 10 heteroatoms. The second-order valence-electron chi connectivity index (χ2n) is 10.5. The number of nitrogens with one attached hydrogen (secondary N) is 3. The number of rotatable bonds is 11. The van der Waals surface area contributed by atoms with Gasteiger partial charge in [-0.3, -0.25) is 4.99 Å². The number of benzene rings is 1. The fraction of sp³-hybridized carbons (Fsp3) is 0.640. The van der Waals surface area contributed by atoms with Gasteiger partial charge in [0.2, 0.25) is 0 Å². The van der Waals surface area contributed by atoms with E-state index in [9.17, 15) is 13.2 Å². The third kappa shape index (κ3) is 11.1. The molecule has 0 aromatic heterocycles. The van der Waals surface area contributed by atoms with E-state index in [1.165, 1.54) is 25.7 Å². The van der Waals surface area contributed by atoms with Crippen LogP contribution in [0.25, 0.3) is 0 Å². The summed E-state index contributed by atoms with van der Waals surface area (Å²) >= 11 is 0. The molecule has 0 fully saturated rings. The third-order valence-electron chi connectivity index (χ3n) is 5.15. The Bertz CT molecular complexity index is 1010. The molecule has 0 bridgehead atoms. The van der Waals surface area contributed by atoms with Crippen LogP contribution in [-0.2, 0) is 21.4 Å². The van der Waals surface area contributed by atoms with Crippen molar-refractivity contribution >= 4 is 33.7 Å². The smallest absolute Gasteiger partial charge is 0.408 e. The van der Waals surface area contributed by atoms with Crippen LogP contribution in [0, 0.1) is 0 Å². The largest absolute Gasteiger partial charge is 0.444 e. The number of anilines is 1. The van der Waals surface area contributed by atoms with Crippen molar-refractivity contribution in [3.8, 4) is 0 Å². The lowest BCUT2D eigenvalue weighted by molar-refractivity contribution is 0.0472. The summed E-state index contributed by atoms with van der Waals surface area (Å²) in [5.41, 5.74) is 0.626. The van der Waals surface area contributed by atoms with E-state index in [0.717, 1.165) is 18.4 Å². The van der Waals surface area contributed by atoms with E-state index < -0.39 is 27.4 Å². The van der Waals surface area contributed by atoms with Crippen molar-refractivity contribution in [3.05, 3.63) is 29.8 Å². The maximum absolute atomic E-state index is 12.1. The monoisotopic (exact) mass is 507 g/mol. The van der Waals surface area contributed by atoms with Crippen molar-refractivity contribution < 1.29 is 17.9 Å². The Labute approximate surface area is 210 Å². The lowest BCUT2D eigenvalue weighted by Crippen LogP contribution is -2.47. The molecule has 1 heterocycles. The first-order chi connectivity index (χ1) is 16.3. The number of amidine groups is 2. The number of aliphatic imine (C=N–C) groups is 1. The lowest BCUT2D eigenvalue weighted by Gasteiger charge is -2.28. The zero-order chi connectivity index (χ0) is 26.1. The average molecular weight is 508 g/mol. The molecule has 0 unspecified atom stereocenters. The van der Waals surface area contributed by atoms with Crippen LogP contribution in [0.5, 0.6) is 0 Å². The molecular formula is C25H41N5O4S. The predicted octanol–water partition coefficient (Wildman–Crippen LogP) is 4.95. The molecule has 0 aliphatic carbocycles. The number of hydrogen-bond acceptors (Lipinski definition) is 6. The highest BCUT2D eigenvalue weighted by atomic mass is 32.2. The number of carbonyl (C=O) groups excluding carboxylic acids is 1. The van der Waals surface area contributed by atoms with E-state index in [0.29, 0.717) is 18.7 Å². The SMILES string of the molecule is CCCCCCCCN=C1NS(=O)(=O)N=C1Nc1ccc(CC(C)(C)NC(=O)OC(C)(C)C)cc1. The molecule has 1 aliphatic heterocycles. The van der Waals surface area contributed by atoms with Crippen molar-refractivity contribution in [1.29, 1.82) is 0 Å². The Morgan fingerprint density at radius 1 is 1.03 bits per heavy atom. The summed E-state index contributed by atoms with van der Waals surface area (Å²) in [6.45, 7) is 12.1. The second-order valence-corrected chi connectivity index (χ2v) is 11.9. The molecule has 1 amide bonds. The van der Waals surface area contributed by atoms with Crippen molar-refractivity contribution in [2.24, 2.45) is 9.39 Å². The van der Waals surface area contributed by atoms with Gasteiger partial charge in [-0.15, -0.1) is 4.40 Å². The molecule has 0 saturated heterocycles. The summed E-state index contributed by atoms with van der Waals surface area (Å²) in [6.07, 6.45) is 6.95. The molecule has 0 radical (unpaired) electrons. The van der Waals surface area contributed by atoms with Crippen molar-refractivity contribution in [2.75, 3.05) is 11.9 Å². The number of carbonyl (C=O) groups is 1. The average Bonchev–Trinajstić information content (AvgIpc) is 2.99. The molecule has 1 aromatic carbocycles. The first-order valence-corrected chi connectivity index (χ1v) is 13.8. The Morgan fingerprint density at radius 2 is 1.66 bits per heavy atom. The molecule has 0 spiro atoms. The number of hydrogen-bond donors (Lipinski definition) is 3. The maximum Gasteiger partial charge on any atom is 0.408 e. The maximum atomic E-state index is 12.1. The first kappa shape index (κ1) is 28.6. The van der Waals surface area contributed by atoms with Crippen LogP contribution in [0.2, 0.25) is 0 Å². The summed E-state index contributed by atoms with van der Waals surface area (Å²) in [5.74, 6) is 0.431. The van der Waals surface area contributed by atoms with Crippen molar-refractivity contribution in [1.82, 2.24) is 10.0 Å². The van der Waals surface area contributed by atoms with Crippen molar-refractivity contribution in [2.45, 2.75) is 97.6 Å². The van der Waals surface area contributed by atoms with Crippen LogP contribution in [0.1, 0.15) is 85.6 Å². The van der Waals surface area contributed by atoms with E-state index in [2.05, 4.69) is 31.7 Å². The highest BCUT2D eigenvalue weighted by molar-refractivity contribution is 7.89. The van der Waals surface area contributed by atoms with Gasteiger partial charge in [-0.25, -0.2) is 9.52 Å². The van der Waals surface area contributed by atoms with Gasteiger partial charge < -0.3 is 15.4 Å². The third-order valence-corrected chi connectivity index (χ3v) is 6.02. The molecule has 3 N–H and O–H groups in total. The van der Waals surface area contributed by atoms with E-state index in [1.807, 2.05) is 58.9 Å². The van der Waals surface area contributed by atoms with Gasteiger partial charge in [-0.2, -0.15) is 8.42 Å². The van der Waals surface area contributed by atoms with Crippen LogP contribution in [0.3, 0.4) is 0 Å². The zero-order valence-electron chi connectivity index (χ0n) is 21.9. The molecule has 2 rings (SSSR count). The predicted molar refractivity (Wildman–Crippen MR) is 142 cm³/mol. The van der Waals surface area contributed by atoms with Crippen LogP contribution < -0.4 is 15.4 Å². The minimum absolute atomic E-state index is 0.190. The van der Waals surface area contributed by atoms with Gasteiger partial charge in [0.1, 0.15) is 5.60 Å². The Balaban J connectivity index is 1.94. The summed E-state index contributed by atoms with van der Waals surface area (Å²) in [4.78, 5) is 16.5. The van der Waals surface area contributed by atoms with Gasteiger partial charge in [0.05, 0.1) is 0 Å². The first-order valence-electron chi connectivity index (χ1n) is 12.3. The quantitative estimate of drug-likeness (QED) is 0.366. The molecular weight excluding hydrogens is 466 g/mol. The fourth-order valence-electron chi connectivity index (χ4n) is 3.61. The van der Waals surface area contributed by atoms with E-state index in [1.54, 1.807) is 0 Å². The molecule has 1 aliphatic rings. The van der Waals surface area contributed by atoms with Crippen LogP contribution in [0.4, 0.5) is 10.5 Å². The number of amides is 1. The summed E-state index contributed by atoms with van der Waals surface area (Å²) < 4.78 is 35.4. The summed E-state index contributed by atoms with van der Waals surface area (Å²) in [5, 5.41) is 5.95. The molecule has 0 saturated carbocycles. The van der Waals surface area contributed by atoms with Gasteiger partial charge in [0, 0.05) is 17.8 Å². The van der Waals surface area contributed by atoms with E-state index in [-0.39, 0.29) is 11.7 Å². The lowest BCUT2D eigenvalue weighted by atomic mass is 9.95. The topological polar surface area (TPSA) is 121 Å². The van der Waals surface area contributed by atoms with Gasteiger partial charge in [-0.05, 0) is 65.2 Å². The van der Waals surface area contributed by atoms with E-state index >= 15 is 0 Å². The normalized spacial score (nSPS) is 16.5. The Morgan fingerprint density at radius 3 is 2.29 bits per heavy atom. The van der Waals surface area contributed by atoms with Gasteiger partial charge in [0.15, 0.2) is 11.7 Å². The van der Waals surface area contributed by atoms with Crippen LogP contribution in [0.15, 0.2) is 33.7 Å². The zero-order valence-corrected chi connectivity index (χ0v) is 22.7. The second kappa shape index (κ2) is 12.4. The highest BCUT2D eigenvalue weighted by Crippen LogP contribution is 2.18. The Hall–Kier alpha value is -2.62. The van der Waals surface area contributed by atoms with Gasteiger partial charge in [0.25, 0.3) is 0 Å². The highest BCUT2D eigenvalue weighted by Gasteiger charge is 2.27.